The molecule has 0 aromatic heterocycles. The third-order valence-electron chi connectivity index (χ3n) is 4.35. The largest absolute Gasteiger partial charge is 0.392 e. The fourth-order valence-electron chi connectivity index (χ4n) is 3.26. The van der Waals surface area contributed by atoms with E-state index in [1.54, 1.807) is 4.90 Å². The van der Waals surface area contributed by atoms with Crippen LogP contribution in [0.25, 0.3) is 0 Å². The number of rotatable bonds is 1. The zero-order valence-electron chi connectivity index (χ0n) is 11.1. The van der Waals surface area contributed by atoms with Gasteiger partial charge >= 0.3 is 0 Å². The van der Waals surface area contributed by atoms with Gasteiger partial charge in [-0.05, 0) is 42.9 Å². The van der Waals surface area contributed by atoms with Crippen LogP contribution in [0.5, 0.6) is 0 Å². The van der Waals surface area contributed by atoms with Crippen LogP contribution in [0.15, 0.2) is 12.1 Å². The minimum atomic E-state index is -0.614. The van der Waals surface area contributed by atoms with Crippen molar-refractivity contribution < 1.29 is 18.7 Å². The molecule has 1 saturated carbocycles. The summed E-state index contributed by atoms with van der Waals surface area (Å²) < 4.78 is 26.9. The predicted molar refractivity (Wildman–Crippen MR) is 68.8 cm³/mol. The van der Waals surface area contributed by atoms with Crippen molar-refractivity contribution in [3.8, 4) is 0 Å². The normalized spacial score (nSPS) is 25.6. The third-order valence-corrected chi connectivity index (χ3v) is 4.35. The topological polar surface area (TPSA) is 40.5 Å². The summed E-state index contributed by atoms with van der Waals surface area (Å²) in [5, 5.41) is 9.81. The first kappa shape index (κ1) is 13.5. The monoisotopic (exact) mass is 281 g/mol. The molecule has 2 unspecified atom stereocenters. The first-order valence-corrected chi connectivity index (χ1v) is 7.00. The fourth-order valence-corrected chi connectivity index (χ4v) is 3.26. The number of amides is 1. The van der Waals surface area contributed by atoms with Crippen molar-refractivity contribution in [3.63, 3.8) is 0 Å². The highest BCUT2D eigenvalue weighted by Crippen LogP contribution is 2.30. The SMILES string of the molecule is O=C(C1CCCC1O)N1CCc2c(F)cc(F)cc2C1. The summed E-state index contributed by atoms with van der Waals surface area (Å²) in [5.41, 5.74) is 1.04. The van der Waals surface area contributed by atoms with Crippen LogP contribution >= 0.6 is 0 Å². The van der Waals surface area contributed by atoms with Crippen molar-refractivity contribution in [2.24, 2.45) is 5.92 Å². The molecule has 0 saturated heterocycles. The van der Waals surface area contributed by atoms with E-state index < -0.39 is 17.7 Å². The minimum Gasteiger partial charge on any atom is -0.392 e. The van der Waals surface area contributed by atoms with Crippen molar-refractivity contribution in [2.45, 2.75) is 38.3 Å². The van der Waals surface area contributed by atoms with Gasteiger partial charge in [0.15, 0.2) is 0 Å². The lowest BCUT2D eigenvalue weighted by atomic mass is 9.96. The maximum atomic E-state index is 13.6. The number of benzene rings is 1. The molecular formula is C15H17F2NO2. The molecular weight excluding hydrogens is 264 g/mol. The van der Waals surface area contributed by atoms with E-state index in [1.165, 1.54) is 6.07 Å². The summed E-state index contributed by atoms with van der Waals surface area (Å²) in [6.45, 7) is 0.656. The van der Waals surface area contributed by atoms with Gasteiger partial charge in [-0.1, -0.05) is 0 Å². The van der Waals surface area contributed by atoms with Gasteiger partial charge in [-0.2, -0.15) is 0 Å². The van der Waals surface area contributed by atoms with Gasteiger partial charge in [-0.3, -0.25) is 4.79 Å². The van der Waals surface area contributed by atoms with Gasteiger partial charge in [0, 0.05) is 19.2 Å². The molecule has 0 radical (unpaired) electrons. The molecule has 1 fully saturated rings. The number of halogens is 2. The van der Waals surface area contributed by atoms with Crippen molar-refractivity contribution in [1.29, 1.82) is 0 Å². The minimum absolute atomic E-state index is 0.0923. The van der Waals surface area contributed by atoms with E-state index in [0.29, 0.717) is 36.9 Å². The number of carbonyl (C=O) groups excluding carboxylic acids is 1. The zero-order chi connectivity index (χ0) is 14.3. The number of aliphatic hydroxyl groups excluding tert-OH is 1. The van der Waals surface area contributed by atoms with Gasteiger partial charge < -0.3 is 10.0 Å². The van der Waals surface area contributed by atoms with E-state index >= 15 is 0 Å². The number of fused-ring (bicyclic) bond motifs is 1. The fraction of sp³-hybridized carbons (Fsp3) is 0.533. The van der Waals surface area contributed by atoms with Crippen molar-refractivity contribution in [3.05, 3.63) is 34.9 Å². The van der Waals surface area contributed by atoms with Gasteiger partial charge in [-0.15, -0.1) is 0 Å². The van der Waals surface area contributed by atoms with Crippen molar-refractivity contribution >= 4 is 5.91 Å². The Labute approximate surface area is 116 Å². The summed E-state index contributed by atoms with van der Waals surface area (Å²) >= 11 is 0. The lowest BCUT2D eigenvalue weighted by Gasteiger charge is -2.31. The second kappa shape index (κ2) is 5.13. The molecule has 1 aliphatic carbocycles. The number of hydrogen-bond donors (Lipinski definition) is 1. The van der Waals surface area contributed by atoms with Gasteiger partial charge in [0.2, 0.25) is 5.91 Å². The maximum absolute atomic E-state index is 13.6. The van der Waals surface area contributed by atoms with Crippen LogP contribution in [0.3, 0.4) is 0 Å². The van der Waals surface area contributed by atoms with Gasteiger partial charge in [-0.25, -0.2) is 8.78 Å². The average Bonchev–Trinajstić information content (AvgIpc) is 2.83. The molecule has 1 heterocycles. The molecule has 0 bridgehead atoms. The summed E-state index contributed by atoms with van der Waals surface area (Å²) in [5.74, 6) is -1.59. The molecule has 1 aliphatic heterocycles. The van der Waals surface area contributed by atoms with Crippen LogP contribution in [-0.4, -0.2) is 28.6 Å². The standard InChI is InChI=1S/C15H17F2NO2/c16-10-6-9-8-18(5-4-11(9)13(17)7-10)15(20)12-2-1-3-14(12)19/h6-7,12,14,19H,1-5,8H2. The second-order valence-electron chi connectivity index (χ2n) is 5.64. The Morgan fingerprint density at radius 1 is 1.30 bits per heavy atom. The molecule has 2 atom stereocenters. The molecule has 1 aromatic carbocycles. The van der Waals surface area contributed by atoms with Gasteiger partial charge in [0.1, 0.15) is 11.6 Å². The quantitative estimate of drug-likeness (QED) is 0.855. The molecule has 2 aliphatic rings. The predicted octanol–water partition coefficient (Wildman–Crippen LogP) is 2.01. The van der Waals surface area contributed by atoms with Crippen molar-refractivity contribution in [2.75, 3.05) is 6.54 Å². The van der Waals surface area contributed by atoms with Crippen LogP contribution in [0, 0.1) is 17.6 Å². The van der Waals surface area contributed by atoms with Crippen LogP contribution in [0.2, 0.25) is 0 Å². The van der Waals surface area contributed by atoms with Crippen LogP contribution in [-0.2, 0) is 17.8 Å². The molecule has 0 spiro atoms. The van der Waals surface area contributed by atoms with E-state index in [4.69, 9.17) is 0 Å². The van der Waals surface area contributed by atoms with E-state index in [0.717, 1.165) is 12.5 Å². The van der Waals surface area contributed by atoms with E-state index in [2.05, 4.69) is 0 Å². The van der Waals surface area contributed by atoms with E-state index in [1.807, 2.05) is 0 Å². The van der Waals surface area contributed by atoms with Gasteiger partial charge in [0.05, 0.1) is 12.0 Å². The molecule has 20 heavy (non-hydrogen) atoms. The number of nitrogens with zero attached hydrogens (tertiary/aromatic N) is 1. The summed E-state index contributed by atoms with van der Waals surface area (Å²) in [4.78, 5) is 14.0. The number of aliphatic hydroxyl groups is 1. The summed E-state index contributed by atoms with van der Waals surface area (Å²) in [6.07, 6.45) is 2.03. The van der Waals surface area contributed by atoms with Crippen molar-refractivity contribution in [1.82, 2.24) is 4.90 Å². The van der Waals surface area contributed by atoms with Crippen LogP contribution in [0.4, 0.5) is 8.78 Å². The Morgan fingerprint density at radius 2 is 2.10 bits per heavy atom. The lowest BCUT2D eigenvalue weighted by Crippen LogP contribution is -2.42. The van der Waals surface area contributed by atoms with E-state index in [-0.39, 0.29) is 18.4 Å². The highest BCUT2D eigenvalue weighted by atomic mass is 19.1. The lowest BCUT2D eigenvalue weighted by molar-refractivity contribution is -0.139. The Hall–Kier alpha value is -1.49. The Bertz CT molecular complexity index is 547. The third kappa shape index (κ3) is 2.30. The second-order valence-corrected chi connectivity index (χ2v) is 5.64. The highest BCUT2D eigenvalue weighted by Gasteiger charge is 2.35. The van der Waals surface area contributed by atoms with Gasteiger partial charge in [0.25, 0.3) is 0 Å². The number of carbonyl (C=O) groups is 1. The summed E-state index contributed by atoms with van der Waals surface area (Å²) in [6, 6.07) is 2.18. The molecule has 1 N–H and O–H groups in total. The molecule has 3 rings (SSSR count). The van der Waals surface area contributed by atoms with E-state index in [9.17, 15) is 18.7 Å². The maximum Gasteiger partial charge on any atom is 0.228 e. The Morgan fingerprint density at radius 3 is 2.80 bits per heavy atom. The molecule has 1 amide bonds. The molecule has 3 nitrogen and oxygen atoms in total. The smallest absolute Gasteiger partial charge is 0.228 e. The first-order chi connectivity index (χ1) is 9.56. The molecule has 1 aromatic rings. The Kier molecular flexibility index (Phi) is 3.46. The highest BCUT2D eigenvalue weighted by molar-refractivity contribution is 5.80. The summed E-state index contributed by atoms with van der Waals surface area (Å²) in [7, 11) is 0. The first-order valence-electron chi connectivity index (χ1n) is 7.00. The molecule has 5 heteroatoms. The van der Waals surface area contributed by atoms with Crippen LogP contribution < -0.4 is 0 Å². The van der Waals surface area contributed by atoms with Crippen LogP contribution in [0.1, 0.15) is 30.4 Å². The zero-order valence-corrected chi connectivity index (χ0v) is 11.1. The number of hydrogen-bond acceptors (Lipinski definition) is 2. The average molecular weight is 281 g/mol. The Balaban J connectivity index is 1.80. The molecule has 108 valence electrons.